The first-order valence-electron chi connectivity index (χ1n) is 5.99. The van der Waals surface area contributed by atoms with Crippen LogP contribution in [0.1, 0.15) is 44.8 Å². The molecule has 0 fully saturated rings. The van der Waals surface area contributed by atoms with Crippen LogP contribution in [0.2, 0.25) is 0 Å². The molecule has 1 aromatic heterocycles. The fourth-order valence-electron chi connectivity index (χ4n) is 1.65. The lowest BCUT2D eigenvalue weighted by atomic mass is 10.2. The molecule has 0 bridgehead atoms. The number of rotatable bonds is 8. The summed E-state index contributed by atoms with van der Waals surface area (Å²) >= 11 is 7.54. The molecule has 0 aromatic carbocycles. The molecule has 0 N–H and O–H groups in total. The highest BCUT2D eigenvalue weighted by molar-refractivity contribution is 7.98. The first-order chi connectivity index (χ1) is 7.81. The summed E-state index contributed by atoms with van der Waals surface area (Å²) < 4.78 is 2.11. The van der Waals surface area contributed by atoms with E-state index in [1.54, 1.807) is 0 Å². The molecule has 0 amide bonds. The summed E-state index contributed by atoms with van der Waals surface area (Å²) in [6, 6.07) is 2.69. The van der Waals surface area contributed by atoms with Crippen LogP contribution in [0.3, 0.4) is 0 Å². The molecule has 0 aliphatic heterocycles. The molecular formula is C12H21ClN2S. The van der Waals surface area contributed by atoms with E-state index < -0.39 is 0 Å². The van der Waals surface area contributed by atoms with Crippen molar-refractivity contribution in [3.05, 3.63) is 18.0 Å². The third-order valence-electron chi connectivity index (χ3n) is 2.65. The highest BCUT2D eigenvalue weighted by Crippen LogP contribution is 2.17. The smallest absolute Gasteiger partial charge is 0.0723 e. The maximum atomic E-state index is 5.63. The van der Waals surface area contributed by atoms with Gasteiger partial charge in [-0.25, -0.2) is 0 Å². The van der Waals surface area contributed by atoms with Crippen LogP contribution in [0, 0.1) is 0 Å². The van der Waals surface area contributed by atoms with E-state index in [9.17, 15) is 0 Å². The first kappa shape index (κ1) is 13.9. The van der Waals surface area contributed by atoms with Crippen molar-refractivity contribution < 1.29 is 0 Å². The molecule has 1 aromatic rings. The minimum Gasteiger partial charge on any atom is -0.269 e. The van der Waals surface area contributed by atoms with Crippen LogP contribution in [0.4, 0.5) is 0 Å². The van der Waals surface area contributed by atoms with E-state index in [2.05, 4.69) is 35.9 Å². The van der Waals surface area contributed by atoms with E-state index in [-0.39, 0.29) is 0 Å². The molecule has 0 radical (unpaired) electrons. The summed E-state index contributed by atoms with van der Waals surface area (Å²) in [6.45, 7) is 4.43. The van der Waals surface area contributed by atoms with Crippen molar-refractivity contribution in [1.29, 1.82) is 0 Å². The van der Waals surface area contributed by atoms with Gasteiger partial charge in [0.25, 0.3) is 0 Å². The maximum absolute atomic E-state index is 5.63. The topological polar surface area (TPSA) is 17.8 Å². The summed E-state index contributed by atoms with van der Waals surface area (Å²) in [5.74, 6) is 2.89. The second kappa shape index (κ2) is 8.02. The van der Waals surface area contributed by atoms with Crippen LogP contribution >= 0.6 is 23.4 Å². The van der Waals surface area contributed by atoms with E-state index in [0.29, 0.717) is 6.04 Å². The van der Waals surface area contributed by atoms with Crippen molar-refractivity contribution in [2.24, 2.45) is 0 Å². The largest absolute Gasteiger partial charge is 0.269 e. The highest BCUT2D eigenvalue weighted by Gasteiger charge is 2.07. The SMILES string of the molecule is CCC(CC)n1ccc(CSCCCCl)n1. The van der Waals surface area contributed by atoms with Crippen molar-refractivity contribution in [1.82, 2.24) is 9.78 Å². The standard InChI is InChI=1S/C12H21ClN2S/c1-3-12(4-2)15-8-6-11(14-15)10-16-9-5-7-13/h6,8,12H,3-5,7,9-10H2,1-2H3. The molecule has 0 atom stereocenters. The third kappa shape index (κ3) is 4.38. The Morgan fingerprint density at radius 3 is 2.81 bits per heavy atom. The number of hydrogen-bond acceptors (Lipinski definition) is 2. The summed E-state index contributed by atoms with van der Waals surface area (Å²) in [7, 11) is 0. The summed E-state index contributed by atoms with van der Waals surface area (Å²) in [5.41, 5.74) is 1.19. The molecule has 1 rings (SSSR count). The fourth-order valence-corrected chi connectivity index (χ4v) is 2.80. The number of aromatic nitrogens is 2. The Hall–Kier alpha value is -0.150. The maximum Gasteiger partial charge on any atom is 0.0723 e. The quantitative estimate of drug-likeness (QED) is 0.517. The lowest BCUT2D eigenvalue weighted by molar-refractivity contribution is 0.426. The fraction of sp³-hybridized carbons (Fsp3) is 0.750. The van der Waals surface area contributed by atoms with Crippen molar-refractivity contribution in [2.45, 2.75) is 44.9 Å². The minimum absolute atomic E-state index is 0.557. The molecule has 0 unspecified atom stereocenters. The molecule has 1 heterocycles. The molecule has 0 aliphatic carbocycles. The second-order valence-electron chi connectivity index (χ2n) is 3.85. The van der Waals surface area contributed by atoms with Crippen LogP contribution in [0.5, 0.6) is 0 Å². The molecule has 16 heavy (non-hydrogen) atoms. The highest BCUT2D eigenvalue weighted by atomic mass is 35.5. The lowest BCUT2D eigenvalue weighted by Crippen LogP contribution is -2.07. The Kier molecular flexibility index (Phi) is 6.97. The van der Waals surface area contributed by atoms with Gasteiger partial charge >= 0.3 is 0 Å². The number of thioether (sulfide) groups is 1. The van der Waals surface area contributed by atoms with Crippen molar-refractivity contribution in [3.63, 3.8) is 0 Å². The van der Waals surface area contributed by atoms with E-state index in [0.717, 1.165) is 36.6 Å². The predicted octanol–water partition coefficient (Wildman–Crippen LogP) is 4.11. The van der Waals surface area contributed by atoms with Gasteiger partial charge in [-0.1, -0.05) is 13.8 Å². The zero-order chi connectivity index (χ0) is 11.8. The van der Waals surface area contributed by atoms with Gasteiger partial charge in [-0.05, 0) is 31.1 Å². The average molecular weight is 261 g/mol. The minimum atomic E-state index is 0.557. The first-order valence-corrected chi connectivity index (χ1v) is 7.68. The number of alkyl halides is 1. The van der Waals surface area contributed by atoms with Crippen molar-refractivity contribution >= 4 is 23.4 Å². The Morgan fingerprint density at radius 2 is 2.19 bits per heavy atom. The van der Waals surface area contributed by atoms with Gasteiger partial charge in [0.05, 0.1) is 11.7 Å². The van der Waals surface area contributed by atoms with Gasteiger partial charge in [0.2, 0.25) is 0 Å². The van der Waals surface area contributed by atoms with Gasteiger partial charge in [0, 0.05) is 17.8 Å². The van der Waals surface area contributed by atoms with E-state index in [1.165, 1.54) is 5.69 Å². The molecular weight excluding hydrogens is 240 g/mol. The molecule has 0 saturated heterocycles. The van der Waals surface area contributed by atoms with Crippen LogP contribution < -0.4 is 0 Å². The van der Waals surface area contributed by atoms with Gasteiger partial charge in [0.15, 0.2) is 0 Å². The summed E-state index contributed by atoms with van der Waals surface area (Å²) in [4.78, 5) is 0. The molecule has 2 nitrogen and oxygen atoms in total. The number of hydrogen-bond donors (Lipinski definition) is 0. The van der Waals surface area contributed by atoms with Crippen molar-refractivity contribution in [2.75, 3.05) is 11.6 Å². The van der Waals surface area contributed by atoms with E-state index >= 15 is 0 Å². The van der Waals surface area contributed by atoms with Crippen LogP contribution in [-0.4, -0.2) is 21.4 Å². The van der Waals surface area contributed by atoms with Crippen LogP contribution in [-0.2, 0) is 5.75 Å². The number of halogens is 1. The third-order valence-corrected chi connectivity index (χ3v) is 4.00. The summed E-state index contributed by atoms with van der Waals surface area (Å²) in [6.07, 6.45) is 5.49. The van der Waals surface area contributed by atoms with Gasteiger partial charge in [-0.3, -0.25) is 4.68 Å². The van der Waals surface area contributed by atoms with E-state index in [1.807, 2.05) is 11.8 Å². The average Bonchev–Trinajstić information content (AvgIpc) is 2.75. The Bertz CT molecular complexity index is 284. The molecule has 0 saturated carbocycles. The molecule has 0 spiro atoms. The monoisotopic (exact) mass is 260 g/mol. The number of nitrogens with zero attached hydrogens (tertiary/aromatic N) is 2. The van der Waals surface area contributed by atoms with Crippen LogP contribution in [0.15, 0.2) is 12.3 Å². The Labute approximate surface area is 108 Å². The predicted molar refractivity (Wildman–Crippen MR) is 73.3 cm³/mol. The van der Waals surface area contributed by atoms with Gasteiger partial charge in [-0.2, -0.15) is 16.9 Å². The summed E-state index contributed by atoms with van der Waals surface area (Å²) in [5, 5.41) is 4.61. The van der Waals surface area contributed by atoms with Gasteiger partial charge < -0.3 is 0 Å². The normalized spacial score (nSPS) is 11.2. The zero-order valence-corrected chi connectivity index (χ0v) is 11.7. The zero-order valence-electron chi connectivity index (χ0n) is 10.2. The molecule has 4 heteroatoms. The Morgan fingerprint density at radius 1 is 1.44 bits per heavy atom. The van der Waals surface area contributed by atoms with Gasteiger partial charge in [0.1, 0.15) is 0 Å². The molecule has 92 valence electrons. The molecule has 0 aliphatic rings. The Balaban J connectivity index is 2.38. The van der Waals surface area contributed by atoms with Crippen LogP contribution in [0.25, 0.3) is 0 Å². The van der Waals surface area contributed by atoms with Crippen molar-refractivity contribution in [3.8, 4) is 0 Å². The van der Waals surface area contributed by atoms with Gasteiger partial charge in [-0.15, -0.1) is 11.6 Å². The lowest BCUT2D eigenvalue weighted by Gasteiger charge is -2.12. The van der Waals surface area contributed by atoms with E-state index in [4.69, 9.17) is 11.6 Å². The second-order valence-corrected chi connectivity index (χ2v) is 5.34.